The van der Waals surface area contributed by atoms with Crippen molar-refractivity contribution in [1.29, 1.82) is 0 Å². The summed E-state index contributed by atoms with van der Waals surface area (Å²) in [5.74, 6) is -0.395. The summed E-state index contributed by atoms with van der Waals surface area (Å²) in [6.45, 7) is 0.0537. The number of thioether (sulfide) groups is 1. The molecule has 3 N–H and O–H groups in total. The lowest BCUT2D eigenvalue weighted by Gasteiger charge is -2.11. The Kier molecular flexibility index (Phi) is 8.36. The third-order valence-electron chi connectivity index (χ3n) is 4.21. The average Bonchev–Trinajstić information content (AvgIpc) is 3.13. The minimum atomic E-state index is -0.271. The number of anilines is 1. The summed E-state index contributed by atoms with van der Waals surface area (Å²) in [4.78, 5) is 28.9. The van der Waals surface area contributed by atoms with Gasteiger partial charge in [0.05, 0.1) is 24.3 Å². The van der Waals surface area contributed by atoms with Crippen molar-refractivity contribution >= 4 is 52.5 Å². The minimum absolute atomic E-state index is 0.0261. The monoisotopic (exact) mass is 478 g/mol. The van der Waals surface area contributed by atoms with E-state index in [1.807, 2.05) is 12.1 Å². The van der Waals surface area contributed by atoms with Crippen LogP contribution in [0.1, 0.15) is 11.3 Å². The quantitative estimate of drug-likeness (QED) is 0.407. The standard InChI is InChI=1S/C21H20Cl2N4O3S/c22-15-6-4-14(5-7-15)9-24-19(29)11-27-18(12-28)10-25-21(27)31-13-20(30)26-17-3-1-2-16(23)8-17/h1-8,10,28H,9,11-13H2,(H,24,29)(H,26,30). The van der Waals surface area contributed by atoms with Crippen LogP contribution in [0.25, 0.3) is 0 Å². The van der Waals surface area contributed by atoms with Crippen molar-refractivity contribution in [2.75, 3.05) is 11.1 Å². The summed E-state index contributed by atoms with van der Waals surface area (Å²) in [6.07, 6.45) is 1.49. The van der Waals surface area contributed by atoms with Gasteiger partial charge in [0.25, 0.3) is 0 Å². The smallest absolute Gasteiger partial charge is 0.240 e. The summed E-state index contributed by atoms with van der Waals surface area (Å²) in [7, 11) is 0. The summed E-state index contributed by atoms with van der Waals surface area (Å²) < 4.78 is 1.59. The van der Waals surface area contributed by atoms with E-state index in [0.29, 0.717) is 33.1 Å². The number of carbonyl (C=O) groups excluding carboxylic acids is 2. The zero-order valence-corrected chi connectivity index (χ0v) is 18.7. The van der Waals surface area contributed by atoms with Crippen molar-refractivity contribution in [2.24, 2.45) is 0 Å². The lowest BCUT2D eigenvalue weighted by atomic mass is 10.2. The first-order valence-corrected chi connectivity index (χ1v) is 11.0. The minimum Gasteiger partial charge on any atom is -0.390 e. The highest BCUT2D eigenvalue weighted by molar-refractivity contribution is 7.99. The molecular formula is C21H20Cl2N4O3S. The molecule has 2 aromatic carbocycles. The van der Waals surface area contributed by atoms with Gasteiger partial charge in [0.15, 0.2) is 5.16 Å². The molecule has 0 unspecified atom stereocenters. The van der Waals surface area contributed by atoms with E-state index in [-0.39, 0.29) is 30.7 Å². The Hall–Kier alpha value is -2.52. The number of hydrogen-bond donors (Lipinski definition) is 3. The molecule has 31 heavy (non-hydrogen) atoms. The molecule has 0 bridgehead atoms. The van der Waals surface area contributed by atoms with Gasteiger partial charge in [0.1, 0.15) is 6.54 Å². The van der Waals surface area contributed by atoms with E-state index in [0.717, 1.165) is 5.56 Å². The van der Waals surface area contributed by atoms with Crippen LogP contribution in [0.2, 0.25) is 10.0 Å². The predicted molar refractivity (Wildman–Crippen MR) is 122 cm³/mol. The maximum atomic E-state index is 12.4. The van der Waals surface area contributed by atoms with Gasteiger partial charge in [-0.15, -0.1) is 0 Å². The highest BCUT2D eigenvalue weighted by Gasteiger charge is 2.15. The van der Waals surface area contributed by atoms with Crippen molar-refractivity contribution in [2.45, 2.75) is 24.9 Å². The fourth-order valence-electron chi connectivity index (χ4n) is 2.70. The van der Waals surface area contributed by atoms with E-state index in [1.165, 1.54) is 18.0 Å². The molecule has 0 saturated carbocycles. The number of hydrogen-bond acceptors (Lipinski definition) is 5. The first kappa shape index (κ1) is 23.1. The van der Waals surface area contributed by atoms with Crippen molar-refractivity contribution in [3.8, 4) is 0 Å². The number of rotatable bonds is 9. The molecule has 2 amide bonds. The predicted octanol–water partition coefficient (Wildman–Crippen LogP) is 3.73. The Morgan fingerprint density at radius 3 is 2.55 bits per heavy atom. The zero-order valence-electron chi connectivity index (χ0n) is 16.3. The van der Waals surface area contributed by atoms with Crippen molar-refractivity contribution in [3.63, 3.8) is 0 Å². The molecule has 1 aromatic heterocycles. The fourth-order valence-corrected chi connectivity index (χ4v) is 3.81. The van der Waals surface area contributed by atoms with Crippen LogP contribution in [0.4, 0.5) is 5.69 Å². The van der Waals surface area contributed by atoms with Gasteiger partial charge in [-0.25, -0.2) is 4.98 Å². The van der Waals surface area contributed by atoms with Gasteiger partial charge in [0, 0.05) is 22.3 Å². The van der Waals surface area contributed by atoms with Gasteiger partial charge in [-0.05, 0) is 35.9 Å². The number of nitrogens with one attached hydrogen (secondary N) is 2. The number of nitrogens with zero attached hydrogens (tertiary/aromatic N) is 2. The number of benzene rings is 2. The van der Waals surface area contributed by atoms with Gasteiger partial charge in [0.2, 0.25) is 11.8 Å². The zero-order chi connectivity index (χ0) is 22.2. The van der Waals surface area contributed by atoms with E-state index in [2.05, 4.69) is 15.6 Å². The van der Waals surface area contributed by atoms with Crippen LogP contribution in [0.15, 0.2) is 59.9 Å². The molecule has 1 heterocycles. The van der Waals surface area contributed by atoms with E-state index in [4.69, 9.17) is 23.2 Å². The number of aromatic nitrogens is 2. The van der Waals surface area contributed by atoms with Gasteiger partial charge >= 0.3 is 0 Å². The van der Waals surface area contributed by atoms with Crippen molar-refractivity contribution in [3.05, 3.63) is 76.0 Å². The highest BCUT2D eigenvalue weighted by Crippen LogP contribution is 2.20. The lowest BCUT2D eigenvalue weighted by Crippen LogP contribution is -2.28. The number of aliphatic hydroxyl groups excluding tert-OH is 1. The molecular weight excluding hydrogens is 459 g/mol. The maximum absolute atomic E-state index is 12.4. The van der Waals surface area contributed by atoms with Crippen molar-refractivity contribution in [1.82, 2.24) is 14.9 Å². The fraction of sp³-hybridized carbons (Fsp3) is 0.190. The summed E-state index contributed by atoms with van der Waals surface area (Å²) >= 11 is 13.0. The van der Waals surface area contributed by atoms with E-state index in [1.54, 1.807) is 41.0 Å². The van der Waals surface area contributed by atoms with Gasteiger partial charge in [-0.2, -0.15) is 0 Å². The molecule has 0 aliphatic carbocycles. The number of aliphatic hydroxyl groups is 1. The SMILES string of the molecule is O=C(Cn1c(CO)cnc1SCC(=O)Nc1cccc(Cl)c1)NCc1ccc(Cl)cc1. The van der Waals surface area contributed by atoms with Gasteiger partial charge in [-0.3, -0.25) is 9.59 Å². The molecule has 0 radical (unpaired) electrons. The van der Waals surface area contributed by atoms with Crippen LogP contribution in [-0.2, 0) is 29.3 Å². The second-order valence-corrected chi connectivity index (χ2v) is 8.34. The molecule has 3 aromatic rings. The van der Waals surface area contributed by atoms with Crippen LogP contribution in [0.5, 0.6) is 0 Å². The van der Waals surface area contributed by atoms with Crippen LogP contribution < -0.4 is 10.6 Å². The maximum Gasteiger partial charge on any atom is 0.240 e. The largest absolute Gasteiger partial charge is 0.390 e. The molecule has 0 aliphatic heterocycles. The Labute approximate surface area is 193 Å². The van der Waals surface area contributed by atoms with Gasteiger partial charge in [-0.1, -0.05) is 53.2 Å². The topological polar surface area (TPSA) is 96.2 Å². The molecule has 0 fully saturated rings. The summed E-state index contributed by atoms with van der Waals surface area (Å²) in [5.41, 5.74) is 2.00. The molecule has 0 spiro atoms. The number of amides is 2. The second-order valence-electron chi connectivity index (χ2n) is 6.53. The second kappa shape index (κ2) is 11.2. The molecule has 0 aliphatic rings. The van der Waals surface area contributed by atoms with Crippen LogP contribution in [0.3, 0.4) is 0 Å². The summed E-state index contributed by atoms with van der Waals surface area (Å²) in [5, 5.41) is 16.8. The molecule has 3 rings (SSSR count). The van der Waals surface area contributed by atoms with Crippen molar-refractivity contribution < 1.29 is 14.7 Å². The molecule has 0 saturated heterocycles. The van der Waals surface area contributed by atoms with E-state index in [9.17, 15) is 14.7 Å². The molecule has 10 heteroatoms. The molecule has 162 valence electrons. The number of imidazole rings is 1. The average molecular weight is 479 g/mol. The Balaban J connectivity index is 1.57. The highest BCUT2D eigenvalue weighted by atomic mass is 35.5. The summed E-state index contributed by atoms with van der Waals surface area (Å²) in [6, 6.07) is 14.0. The van der Waals surface area contributed by atoms with Gasteiger partial charge < -0.3 is 20.3 Å². The normalized spacial score (nSPS) is 10.7. The Morgan fingerprint density at radius 1 is 1.06 bits per heavy atom. The third-order valence-corrected chi connectivity index (χ3v) is 5.69. The van der Waals surface area contributed by atoms with E-state index >= 15 is 0 Å². The first-order valence-electron chi connectivity index (χ1n) is 9.29. The lowest BCUT2D eigenvalue weighted by molar-refractivity contribution is -0.122. The molecule has 0 atom stereocenters. The van der Waals surface area contributed by atoms with Crippen LogP contribution in [-0.4, -0.2) is 32.2 Å². The Morgan fingerprint density at radius 2 is 1.84 bits per heavy atom. The Bertz CT molecular complexity index is 1060. The third kappa shape index (κ3) is 7.00. The molecule has 7 nitrogen and oxygen atoms in total. The van der Waals surface area contributed by atoms with E-state index < -0.39 is 0 Å². The van der Waals surface area contributed by atoms with Crippen LogP contribution in [0, 0.1) is 0 Å². The number of halogens is 2. The number of carbonyl (C=O) groups is 2. The van der Waals surface area contributed by atoms with Crippen LogP contribution >= 0.6 is 35.0 Å². The first-order chi connectivity index (χ1) is 14.9.